The number of hydrogen-bond donors (Lipinski definition) is 4. The van der Waals surface area contributed by atoms with E-state index in [0.29, 0.717) is 0 Å². The zero-order valence-corrected chi connectivity index (χ0v) is 19.7. The van der Waals surface area contributed by atoms with E-state index in [1.807, 2.05) is 0 Å². The van der Waals surface area contributed by atoms with E-state index in [4.69, 9.17) is 17.3 Å². The van der Waals surface area contributed by atoms with Gasteiger partial charge in [-0.1, -0.05) is 12.1 Å². The van der Waals surface area contributed by atoms with Gasteiger partial charge in [-0.05, 0) is 24.3 Å². The van der Waals surface area contributed by atoms with Gasteiger partial charge in [0.1, 0.15) is 17.7 Å². The summed E-state index contributed by atoms with van der Waals surface area (Å²) in [4.78, 5) is 19.5. The molecule has 0 atom stereocenters. The number of hydrazine groups is 1. The van der Waals surface area contributed by atoms with Crippen molar-refractivity contribution in [3.05, 3.63) is 96.5 Å². The predicted octanol–water partition coefficient (Wildman–Crippen LogP) is 2.46. The van der Waals surface area contributed by atoms with Crippen molar-refractivity contribution in [1.29, 1.82) is 0 Å². The number of nitrogens with zero attached hydrogens (tertiary/aromatic N) is 8. The Morgan fingerprint density at radius 2 is 1.44 bits per heavy atom. The fourth-order valence-corrected chi connectivity index (χ4v) is 3.16. The molecule has 0 unspecified atom stereocenters. The molecule has 0 spiro atoms. The Hall–Kier alpha value is -5.51. The fourth-order valence-electron chi connectivity index (χ4n) is 3.16. The van der Waals surface area contributed by atoms with E-state index in [2.05, 4.69) is 40.6 Å². The van der Waals surface area contributed by atoms with Gasteiger partial charge in [0.2, 0.25) is 0 Å². The Kier molecular flexibility index (Phi) is 7.96. The molecule has 198 valence electrons. The van der Waals surface area contributed by atoms with E-state index in [1.165, 1.54) is 59.9 Å². The molecule has 3 aromatic heterocycles. The molecule has 2 aromatic carbocycles. The summed E-state index contributed by atoms with van der Waals surface area (Å²) in [6.07, 6.45) is 6.85. The van der Waals surface area contributed by atoms with Crippen LogP contribution in [0, 0.1) is 23.3 Å². The van der Waals surface area contributed by atoms with Crippen LogP contribution in [0.3, 0.4) is 0 Å². The first-order valence-corrected chi connectivity index (χ1v) is 10.8. The van der Waals surface area contributed by atoms with E-state index in [0.717, 1.165) is 12.1 Å². The van der Waals surface area contributed by atoms with E-state index in [1.54, 1.807) is 0 Å². The highest BCUT2D eigenvalue weighted by Gasteiger charge is 2.18. The number of aromatic nitrogens is 7. The molecule has 12 nitrogen and oxygen atoms in total. The molecule has 0 saturated carbocycles. The Bertz CT molecular complexity index is 1640. The minimum absolute atomic E-state index is 0.0184. The molecule has 0 aliphatic carbocycles. The number of anilines is 2. The summed E-state index contributed by atoms with van der Waals surface area (Å²) >= 11 is 0. The Morgan fingerprint density at radius 3 is 2.13 bits per heavy atom. The first-order valence-electron chi connectivity index (χ1n) is 10.8. The van der Waals surface area contributed by atoms with Crippen molar-refractivity contribution < 1.29 is 17.6 Å². The van der Waals surface area contributed by atoms with Gasteiger partial charge in [0.25, 0.3) is 0 Å². The highest BCUT2D eigenvalue weighted by Crippen LogP contribution is 2.24. The van der Waals surface area contributed by atoms with Gasteiger partial charge in [-0.2, -0.15) is 0 Å². The van der Waals surface area contributed by atoms with Crippen LogP contribution in [0.4, 0.5) is 34.9 Å². The third kappa shape index (κ3) is 5.75. The number of rotatable bonds is 4. The molecular formula is C23H18F4N12. The molecule has 0 aliphatic rings. The fraction of sp³-hybridized carbons (Fsp3) is 0. The van der Waals surface area contributed by atoms with Crippen LogP contribution < -0.4 is 22.7 Å². The molecule has 7 N–H and O–H groups in total. The van der Waals surface area contributed by atoms with Crippen LogP contribution in [0.15, 0.2) is 72.5 Å². The van der Waals surface area contributed by atoms with Crippen molar-refractivity contribution in [3.63, 3.8) is 0 Å². The van der Waals surface area contributed by atoms with Crippen LogP contribution >= 0.6 is 0 Å². The quantitative estimate of drug-likeness (QED) is 0.0871. The number of amidine groups is 1. The van der Waals surface area contributed by atoms with Crippen molar-refractivity contribution in [1.82, 2.24) is 40.1 Å². The number of hydrogen-bond acceptors (Lipinski definition) is 10. The van der Waals surface area contributed by atoms with Crippen LogP contribution in [0.2, 0.25) is 0 Å². The SMILES string of the molecule is NNC(=Nc1cccc(F)c1F)c1nccnc1N.Nc1nccnc1-c1nncn1-c1cccc(F)c1F. The van der Waals surface area contributed by atoms with Gasteiger partial charge in [0, 0.05) is 24.8 Å². The van der Waals surface area contributed by atoms with Crippen LogP contribution in [-0.4, -0.2) is 40.5 Å². The highest BCUT2D eigenvalue weighted by atomic mass is 19.2. The molecule has 0 bridgehead atoms. The lowest BCUT2D eigenvalue weighted by atomic mass is 10.2. The van der Waals surface area contributed by atoms with Gasteiger partial charge in [0.15, 0.2) is 52.3 Å². The highest BCUT2D eigenvalue weighted by molar-refractivity contribution is 6.01. The monoisotopic (exact) mass is 538 g/mol. The van der Waals surface area contributed by atoms with Crippen molar-refractivity contribution in [2.24, 2.45) is 10.8 Å². The maximum Gasteiger partial charge on any atom is 0.190 e. The lowest BCUT2D eigenvalue weighted by Crippen LogP contribution is -2.32. The third-order valence-corrected chi connectivity index (χ3v) is 4.93. The molecule has 5 rings (SSSR count). The molecule has 0 amide bonds. The second kappa shape index (κ2) is 11.7. The molecule has 0 fully saturated rings. The number of nitrogens with one attached hydrogen (secondary N) is 1. The topological polar surface area (TPSA) is 185 Å². The average Bonchev–Trinajstić information content (AvgIpc) is 3.42. The first-order chi connectivity index (χ1) is 18.8. The summed E-state index contributed by atoms with van der Waals surface area (Å²) in [5.74, 6) is 1.58. The normalized spacial score (nSPS) is 11.1. The minimum Gasteiger partial charge on any atom is -0.382 e. The molecule has 3 heterocycles. The molecule has 16 heteroatoms. The van der Waals surface area contributed by atoms with Crippen molar-refractivity contribution in [2.45, 2.75) is 0 Å². The molecule has 0 saturated heterocycles. The number of nitrogen functional groups attached to an aromatic ring is 2. The smallest absolute Gasteiger partial charge is 0.190 e. The molecule has 5 aromatic rings. The van der Waals surface area contributed by atoms with Crippen LogP contribution in [0.25, 0.3) is 17.2 Å². The average molecular weight is 538 g/mol. The third-order valence-electron chi connectivity index (χ3n) is 4.93. The van der Waals surface area contributed by atoms with Gasteiger partial charge < -0.3 is 16.9 Å². The van der Waals surface area contributed by atoms with E-state index in [9.17, 15) is 17.6 Å². The number of nitrogens with two attached hydrogens (primary N) is 3. The number of halogens is 4. The second-order valence-electron chi connectivity index (χ2n) is 7.36. The Labute approximate surface area is 217 Å². The van der Waals surface area contributed by atoms with Crippen LogP contribution in [0.1, 0.15) is 5.69 Å². The van der Waals surface area contributed by atoms with E-state index >= 15 is 0 Å². The second-order valence-corrected chi connectivity index (χ2v) is 7.36. The summed E-state index contributed by atoms with van der Waals surface area (Å²) < 4.78 is 55.0. The van der Waals surface area contributed by atoms with Gasteiger partial charge in [-0.3, -0.25) is 4.57 Å². The summed E-state index contributed by atoms with van der Waals surface area (Å²) in [5.41, 5.74) is 13.7. The Morgan fingerprint density at radius 1 is 0.795 bits per heavy atom. The zero-order chi connectivity index (χ0) is 27.9. The van der Waals surface area contributed by atoms with Gasteiger partial charge >= 0.3 is 0 Å². The summed E-state index contributed by atoms with van der Waals surface area (Å²) in [7, 11) is 0. The van der Waals surface area contributed by atoms with Gasteiger partial charge in [-0.25, -0.2) is 48.3 Å². The van der Waals surface area contributed by atoms with Crippen molar-refractivity contribution in [2.75, 3.05) is 11.5 Å². The molecule has 39 heavy (non-hydrogen) atoms. The standard InChI is InChI=1S/C12H8F2N6.C11H10F2N6/c13-7-2-1-3-8(9(7)14)20-6-18-19-12(20)10-11(15)17-5-4-16-10;12-6-2-1-3-7(8(6)13)18-11(19-15)9-10(14)17-5-4-16-9/h1-6H,(H2,15,17);1-5H,15H2,(H2,14,17)(H,18,19). The largest absolute Gasteiger partial charge is 0.382 e. The maximum atomic E-state index is 13.8. The van der Waals surface area contributed by atoms with E-state index < -0.39 is 23.3 Å². The zero-order valence-electron chi connectivity index (χ0n) is 19.7. The number of aliphatic imine (C=N–C) groups is 1. The van der Waals surface area contributed by atoms with Crippen LogP contribution in [-0.2, 0) is 0 Å². The predicted molar refractivity (Wildman–Crippen MR) is 133 cm³/mol. The number of benzene rings is 2. The van der Waals surface area contributed by atoms with Gasteiger partial charge in [0.05, 0.1) is 5.69 Å². The molecule has 0 radical (unpaired) electrons. The first kappa shape index (κ1) is 26.6. The summed E-state index contributed by atoms with van der Waals surface area (Å²) in [6, 6.07) is 7.42. The van der Waals surface area contributed by atoms with Crippen molar-refractivity contribution in [3.8, 4) is 17.2 Å². The summed E-state index contributed by atoms with van der Waals surface area (Å²) in [6.45, 7) is 0. The van der Waals surface area contributed by atoms with Crippen molar-refractivity contribution >= 4 is 23.2 Å². The Balaban J connectivity index is 0.000000181. The van der Waals surface area contributed by atoms with E-state index in [-0.39, 0.29) is 46.1 Å². The lowest BCUT2D eigenvalue weighted by Gasteiger charge is -2.08. The van der Waals surface area contributed by atoms with Gasteiger partial charge in [-0.15, -0.1) is 10.2 Å². The molecular weight excluding hydrogens is 520 g/mol. The lowest BCUT2D eigenvalue weighted by molar-refractivity contribution is 0.504. The molecule has 0 aliphatic heterocycles. The summed E-state index contributed by atoms with van der Waals surface area (Å²) in [5, 5.41) is 7.52. The maximum absolute atomic E-state index is 13.8. The van der Waals surface area contributed by atoms with Crippen LogP contribution in [0.5, 0.6) is 0 Å². The minimum atomic E-state index is -1.09.